The number of nitrogens with zero attached hydrogens (tertiary/aromatic N) is 3. The van der Waals surface area contributed by atoms with Crippen LogP contribution in [-0.2, 0) is 0 Å². The normalized spacial score (nSPS) is 29.7. The lowest BCUT2D eigenvalue weighted by Crippen LogP contribution is -2.66. The summed E-state index contributed by atoms with van der Waals surface area (Å²) in [6.07, 6.45) is 4.44. The molecule has 0 N–H and O–H groups in total. The summed E-state index contributed by atoms with van der Waals surface area (Å²) in [4.78, 5) is 17.4. The van der Waals surface area contributed by atoms with Crippen molar-refractivity contribution >= 4 is 5.91 Å². The van der Waals surface area contributed by atoms with Gasteiger partial charge < -0.3 is 14.3 Å². The minimum atomic E-state index is -0.0902. The molecule has 0 unspecified atom stereocenters. The largest absolute Gasteiger partial charge is 0.351 e. The van der Waals surface area contributed by atoms with Gasteiger partial charge in [0.05, 0.1) is 11.2 Å². The van der Waals surface area contributed by atoms with Gasteiger partial charge in [0.1, 0.15) is 0 Å². The van der Waals surface area contributed by atoms with Crippen LogP contribution in [0, 0.1) is 0 Å². The van der Waals surface area contributed by atoms with Crippen LogP contribution in [0.15, 0.2) is 10.6 Å². The topological polar surface area (TPSA) is 49.6 Å². The zero-order valence-corrected chi connectivity index (χ0v) is 14.1. The molecular formula is C17H27N3O2. The predicted molar refractivity (Wildman–Crippen MR) is 84.9 cm³/mol. The zero-order valence-electron chi connectivity index (χ0n) is 14.1. The van der Waals surface area contributed by atoms with E-state index in [9.17, 15) is 4.79 Å². The molecular weight excluding hydrogens is 278 g/mol. The number of fused-ring (bicyclic) bond motifs is 1. The summed E-state index contributed by atoms with van der Waals surface area (Å²) in [5, 5.41) is 4.04. The van der Waals surface area contributed by atoms with Crippen molar-refractivity contribution in [3.63, 3.8) is 0 Å². The second-order valence-electron chi connectivity index (χ2n) is 7.33. The fraction of sp³-hybridized carbons (Fsp3) is 0.765. The van der Waals surface area contributed by atoms with E-state index in [-0.39, 0.29) is 17.4 Å². The van der Waals surface area contributed by atoms with Crippen molar-refractivity contribution in [3.05, 3.63) is 17.5 Å². The van der Waals surface area contributed by atoms with Gasteiger partial charge in [-0.2, -0.15) is 0 Å². The second kappa shape index (κ2) is 5.69. The molecule has 2 aliphatic rings. The van der Waals surface area contributed by atoms with E-state index in [0.29, 0.717) is 11.8 Å². The lowest BCUT2D eigenvalue weighted by atomic mass is 9.76. The van der Waals surface area contributed by atoms with Gasteiger partial charge in [-0.3, -0.25) is 4.79 Å². The third-order valence-corrected chi connectivity index (χ3v) is 5.50. The first-order chi connectivity index (χ1) is 10.4. The van der Waals surface area contributed by atoms with Crippen molar-refractivity contribution in [3.8, 4) is 0 Å². The molecule has 2 atom stereocenters. The number of carbonyl (C=O) groups is 1. The van der Waals surface area contributed by atoms with E-state index >= 15 is 0 Å². The van der Waals surface area contributed by atoms with Crippen LogP contribution in [0.5, 0.6) is 0 Å². The molecule has 3 rings (SSSR count). The highest BCUT2D eigenvalue weighted by molar-refractivity contribution is 5.92. The number of aromatic nitrogens is 1. The number of likely N-dealkylation sites (tertiary alicyclic amines) is 2. The minimum Gasteiger partial charge on any atom is -0.351 e. The molecule has 0 aromatic carbocycles. The van der Waals surface area contributed by atoms with Gasteiger partial charge in [0.2, 0.25) is 5.76 Å². The smallest absolute Gasteiger partial charge is 0.292 e. The zero-order chi connectivity index (χ0) is 15.9. The number of hydrogen-bond acceptors (Lipinski definition) is 4. The summed E-state index contributed by atoms with van der Waals surface area (Å²) in [7, 11) is 2.18. The average Bonchev–Trinajstić information content (AvgIpc) is 2.96. The average molecular weight is 305 g/mol. The first-order valence-electron chi connectivity index (χ1n) is 8.42. The van der Waals surface area contributed by atoms with E-state index < -0.39 is 0 Å². The van der Waals surface area contributed by atoms with Gasteiger partial charge in [0, 0.05) is 18.7 Å². The Balaban J connectivity index is 1.87. The summed E-state index contributed by atoms with van der Waals surface area (Å²) in [6, 6.07) is 2.26. The molecule has 1 aromatic rings. The van der Waals surface area contributed by atoms with Crippen molar-refractivity contribution in [2.45, 2.75) is 64.0 Å². The summed E-state index contributed by atoms with van der Waals surface area (Å²) >= 11 is 0. The molecule has 0 saturated carbocycles. The third-order valence-electron chi connectivity index (χ3n) is 5.50. The molecule has 122 valence electrons. The predicted octanol–water partition coefficient (Wildman–Crippen LogP) is 2.89. The van der Waals surface area contributed by atoms with Crippen molar-refractivity contribution in [1.29, 1.82) is 0 Å². The maximum atomic E-state index is 13.0. The van der Waals surface area contributed by atoms with Crippen LogP contribution >= 0.6 is 0 Å². The van der Waals surface area contributed by atoms with Crippen LogP contribution in [0.3, 0.4) is 0 Å². The Morgan fingerprint density at radius 1 is 1.41 bits per heavy atom. The number of likely N-dealkylation sites (N-methyl/N-ethyl adjacent to an activating group) is 1. The summed E-state index contributed by atoms with van der Waals surface area (Å²) in [5.74, 6) is 0.663. The molecule has 0 radical (unpaired) electrons. The van der Waals surface area contributed by atoms with Crippen molar-refractivity contribution in [2.24, 2.45) is 0 Å². The molecule has 0 bridgehead atoms. The highest BCUT2D eigenvalue weighted by Crippen LogP contribution is 2.39. The van der Waals surface area contributed by atoms with Gasteiger partial charge in [-0.05, 0) is 52.1 Å². The molecule has 22 heavy (non-hydrogen) atoms. The number of amides is 1. The maximum absolute atomic E-state index is 13.0. The fourth-order valence-corrected chi connectivity index (χ4v) is 4.16. The van der Waals surface area contributed by atoms with Gasteiger partial charge in [0.15, 0.2) is 0 Å². The lowest BCUT2D eigenvalue weighted by molar-refractivity contribution is -0.0362. The van der Waals surface area contributed by atoms with Crippen molar-refractivity contribution in [1.82, 2.24) is 15.0 Å². The van der Waals surface area contributed by atoms with E-state index in [1.54, 1.807) is 0 Å². The number of hydrogen-bond donors (Lipinski definition) is 0. The van der Waals surface area contributed by atoms with Crippen LogP contribution in [0.2, 0.25) is 0 Å². The van der Waals surface area contributed by atoms with E-state index in [2.05, 4.69) is 37.9 Å². The Kier molecular flexibility index (Phi) is 4.02. The van der Waals surface area contributed by atoms with Gasteiger partial charge in [0.25, 0.3) is 5.91 Å². The van der Waals surface area contributed by atoms with Crippen LogP contribution < -0.4 is 0 Å². The monoisotopic (exact) mass is 305 g/mol. The van der Waals surface area contributed by atoms with Gasteiger partial charge in [-0.25, -0.2) is 0 Å². The van der Waals surface area contributed by atoms with E-state index in [4.69, 9.17) is 4.52 Å². The number of piperidine rings is 2. The van der Waals surface area contributed by atoms with Crippen LogP contribution in [0.4, 0.5) is 0 Å². The number of carbonyl (C=O) groups excluding carboxylic acids is 1. The molecule has 0 aliphatic carbocycles. The standard InChI is InChI=1S/C17H27N3O2/c1-12(2)13-11-14(22-18-13)16(21)20-10-5-7-15-17(20,3)8-6-9-19(15)4/h11-12,15H,5-10H2,1-4H3/t15-,17-/m0/s1. The first-order valence-corrected chi connectivity index (χ1v) is 8.42. The Morgan fingerprint density at radius 2 is 2.18 bits per heavy atom. The van der Waals surface area contributed by atoms with Crippen LogP contribution in [-0.4, -0.2) is 52.6 Å². The minimum absolute atomic E-state index is 0.00176. The third kappa shape index (κ3) is 2.45. The lowest BCUT2D eigenvalue weighted by Gasteiger charge is -2.55. The van der Waals surface area contributed by atoms with Crippen LogP contribution in [0.25, 0.3) is 0 Å². The molecule has 3 heterocycles. The van der Waals surface area contributed by atoms with Crippen LogP contribution in [0.1, 0.15) is 68.6 Å². The van der Waals surface area contributed by atoms with Crippen molar-refractivity contribution < 1.29 is 9.32 Å². The Labute approximate surface area is 132 Å². The van der Waals surface area contributed by atoms with Gasteiger partial charge in [-0.1, -0.05) is 19.0 Å². The molecule has 5 heteroatoms. The van der Waals surface area contributed by atoms with E-state index in [0.717, 1.165) is 38.0 Å². The molecule has 2 fully saturated rings. The highest BCUT2D eigenvalue weighted by Gasteiger charge is 2.48. The quantitative estimate of drug-likeness (QED) is 0.843. The highest BCUT2D eigenvalue weighted by atomic mass is 16.5. The maximum Gasteiger partial charge on any atom is 0.292 e. The summed E-state index contributed by atoms with van der Waals surface area (Å²) in [6.45, 7) is 8.30. The Hall–Kier alpha value is -1.36. The Morgan fingerprint density at radius 3 is 2.86 bits per heavy atom. The van der Waals surface area contributed by atoms with Gasteiger partial charge >= 0.3 is 0 Å². The molecule has 2 saturated heterocycles. The van der Waals surface area contributed by atoms with E-state index in [1.807, 2.05) is 11.0 Å². The molecule has 1 aromatic heterocycles. The number of rotatable bonds is 2. The first kappa shape index (κ1) is 15.5. The fourth-order valence-electron chi connectivity index (χ4n) is 4.16. The van der Waals surface area contributed by atoms with Crippen molar-refractivity contribution in [2.75, 3.05) is 20.1 Å². The van der Waals surface area contributed by atoms with Gasteiger partial charge in [-0.15, -0.1) is 0 Å². The molecule has 2 aliphatic heterocycles. The van der Waals surface area contributed by atoms with E-state index in [1.165, 1.54) is 6.42 Å². The summed E-state index contributed by atoms with van der Waals surface area (Å²) in [5.41, 5.74) is 0.760. The second-order valence-corrected chi connectivity index (χ2v) is 7.33. The molecule has 0 spiro atoms. The Bertz CT molecular complexity index is 554. The molecule has 5 nitrogen and oxygen atoms in total. The molecule has 1 amide bonds. The SMILES string of the molecule is CC(C)c1cc(C(=O)N2CCC[C@@H]3N(C)CCC[C@@]32C)on1. The summed E-state index contributed by atoms with van der Waals surface area (Å²) < 4.78 is 5.34.